The SMILES string of the molecule is CC(=O)NC1[C@H](CP(=O)(O)OCC2O[C@@H](OCCN)C(NC(C)=O)[C@@H](OCc3ccccc3)[C@H]2OCc2ccccc2)OC(CO)[C@H](O)[C@@H]1O. The van der Waals surface area contributed by atoms with Crippen molar-refractivity contribution in [1.82, 2.24) is 10.6 Å². The Morgan fingerprint density at radius 2 is 1.36 bits per heavy atom. The Balaban J connectivity index is 1.61. The average molecular weight is 726 g/mol. The van der Waals surface area contributed by atoms with Crippen molar-refractivity contribution in [3.05, 3.63) is 71.8 Å². The molecule has 2 aromatic rings. The van der Waals surface area contributed by atoms with E-state index in [4.69, 9.17) is 33.9 Å². The van der Waals surface area contributed by atoms with Crippen LogP contribution in [0, 0.1) is 0 Å². The molecule has 0 radical (unpaired) electrons. The Hall–Kier alpha value is -2.83. The Labute approximate surface area is 290 Å². The molecule has 278 valence electrons. The van der Waals surface area contributed by atoms with Crippen LogP contribution in [0.2, 0.25) is 0 Å². The number of hydrogen-bond acceptors (Lipinski definition) is 13. The second-order valence-electron chi connectivity index (χ2n) is 12.2. The number of nitrogens with one attached hydrogen (secondary N) is 2. The summed E-state index contributed by atoms with van der Waals surface area (Å²) in [5.74, 6) is -0.974. The molecule has 2 aliphatic rings. The fraction of sp³-hybridized carbons (Fsp3) is 0.576. The summed E-state index contributed by atoms with van der Waals surface area (Å²) < 4.78 is 49.8. The number of carbonyl (C=O) groups excluding carboxylic acids is 2. The average Bonchev–Trinajstić information content (AvgIpc) is 3.09. The number of aliphatic hydroxyl groups excluding tert-OH is 3. The Morgan fingerprint density at radius 3 is 1.90 bits per heavy atom. The predicted molar refractivity (Wildman–Crippen MR) is 177 cm³/mol. The topological polar surface area (TPSA) is 238 Å². The summed E-state index contributed by atoms with van der Waals surface area (Å²) in [6.45, 7) is 1.68. The molecular weight excluding hydrogens is 677 g/mol. The number of rotatable bonds is 17. The van der Waals surface area contributed by atoms with E-state index in [0.29, 0.717) is 0 Å². The molecule has 2 aliphatic heterocycles. The van der Waals surface area contributed by atoms with Crippen molar-refractivity contribution in [2.24, 2.45) is 5.73 Å². The molecule has 5 unspecified atom stereocenters. The molecule has 11 atom stereocenters. The van der Waals surface area contributed by atoms with Crippen LogP contribution in [-0.2, 0) is 55.6 Å². The molecule has 0 saturated carbocycles. The lowest BCUT2D eigenvalue weighted by molar-refractivity contribution is -0.286. The third-order valence-corrected chi connectivity index (χ3v) is 9.61. The maximum Gasteiger partial charge on any atom is 0.330 e. The van der Waals surface area contributed by atoms with Gasteiger partial charge in [-0.15, -0.1) is 0 Å². The van der Waals surface area contributed by atoms with Crippen LogP contribution in [0.1, 0.15) is 25.0 Å². The van der Waals surface area contributed by atoms with Gasteiger partial charge in [0.25, 0.3) is 0 Å². The molecule has 17 heteroatoms. The predicted octanol–water partition coefficient (Wildman–Crippen LogP) is -0.450. The lowest BCUT2D eigenvalue weighted by atomic mass is 9.93. The number of benzene rings is 2. The number of ether oxygens (including phenoxy) is 5. The van der Waals surface area contributed by atoms with Gasteiger partial charge in [0.2, 0.25) is 11.8 Å². The first-order valence-corrected chi connectivity index (χ1v) is 18.1. The molecule has 2 heterocycles. The third-order valence-electron chi connectivity index (χ3n) is 8.24. The van der Waals surface area contributed by atoms with E-state index in [-0.39, 0.29) is 32.3 Å². The summed E-state index contributed by atoms with van der Waals surface area (Å²) >= 11 is 0. The molecular formula is C33H48N3O13P. The van der Waals surface area contributed by atoms with Crippen LogP contribution in [0.25, 0.3) is 0 Å². The van der Waals surface area contributed by atoms with Gasteiger partial charge < -0.3 is 64.8 Å². The molecule has 4 rings (SSSR count). The molecule has 50 heavy (non-hydrogen) atoms. The minimum absolute atomic E-state index is 0.0531. The van der Waals surface area contributed by atoms with Crippen LogP contribution in [0.3, 0.4) is 0 Å². The van der Waals surface area contributed by atoms with Gasteiger partial charge in [0.1, 0.15) is 42.7 Å². The van der Waals surface area contributed by atoms with E-state index in [1.165, 1.54) is 13.8 Å². The van der Waals surface area contributed by atoms with Gasteiger partial charge in [-0.25, -0.2) is 0 Å². The fourth-order valence-corrected chi connectivity index (χ4v) is 7.17. The van der Waals surface area contributed by atoms with Gasteiger partial charge in [-0.2, -0.15) is 0 Å². The molecule has 2 aromatic carbocycles. The number of aliphatic hydroxyl groups is 3. The first-order valence-electron chi connectivity index (χ1n) is 16.3. The van der Waals surface area contributed by atoms with Crippen molar-refractivity contribution in [3.63, 3.8) is 0 Å². The number of nitrogens with two attached hydrogens (primary N) is 1. The summed E-state index contributed by atoms with van der Waals surface area (Å²) in [6, 6.07) is 16.4. The minimum atomic E-state index is -4.61. The first-order chi connectivity index (χ1) is 23.9. The van der Waals surface area contributed by atoms with E-state index in [1.54, 1.807) is 0 Å². The van der Waals surface area contributed by atoms with Gasteiger partial charge in [0.15, 0.2) is 6.29 Å². The van der Waals surface area contributed by atoms with E-state index in [0.717, 1.165) is 11.1 Å². The van der Waals surface area contributed by atoms with Crippen LogP contribution in [0.15, 0.2) is 60.7 Å². The van der Waals surface area contributed by atoms with Crippen molar-refractivity contribution >= 4 is 19.4 Å². The van der Waals surface area contributed by atoms with E-state index >= 15 is 0 Å². The maximum atomic E-state index is 13.6. The summed E-state index contributed by atoms with van der Waals surface area (Å²) in [6.07, 6.45) is -10.6. The second-order valence-corrected chi connectivity index (χ2v) is 14.1. The molecule has 0 aromatic heterocycles. The molecule has 2 saturated heterocycles. The normalized spacial score (nSPS) is 31.0. The zero-order chi connectivity index (χ0) is 36.3. The van der Waals surface area contributed by atoms with Crippen molar-refractivity contribution in [1.29, 1.82) is 0 Å². The van der Waals surface area contributed by atoms with E-state index in [9.17, 15) is 34.4 Å². The summed E-state index contributed by atoms with van der Waals surface area (Å²) in [5.41, 5.74) is 7.37. The number of amides is 2. The summed E-state index contributed by atoms with van der Waals surface area (Å²) in [7, 11) is -4.61. The molecule has 0 bridgehead atoms. The highest BCUT2D eigenvalue weighted by atomic mass is 31.2. The van der Waals surface area contributed by atoms with E-state index in [2.05, 4.69) is 10.6 Å². The molecule has 0 spiro atoms. The quantitative estimate of drug-likeness (QED) is 0.102. The summed E-state index contributed by atoms with van der Waals surface area (Å²) in [4.78, 5) is 35.3. The molecule has 8 N–H and O–H groups in total. The third kappa shape index (κ3) is 11.3. The Bertz CT molecular complexity index is 1390. The van der Waals surface area contributed by atoms with Crippen LogP contribution >= 0.6 is 7.60 Å². The highest BCUT2D eigenvalue weighted by Gasteiger charge is 2.50. The standard InChI is InChI=1S/C33H48N3O13P/c1-20(38)35-27-26(48-24(15-37)29(40)30(27)41)19-50(42,43)47-18-25-31(45-16-22-9-5-3-6-10-22)32(46-17-23-11-7-4-8-12-23)28(36-21(2)39)33(49-25)44-14-13-34/h3-12,24-33,37,40-41H,13-19,34H2,1-2H3,(H,35,38)(H,36,39)(H,42,43)/t24?,25?,26-,27?,28?,29-,30+,31-,32+,33+/m0/s1. The van der Waals surface area contributed by atoms with E-state index in [1.807, 2.05) is 60.7 Å². The van der Waals surface area contributed by atoms with Crippen LogP contribution in [0.4, 0.5) is 0 Å². The zero-order valence-corrected chi connectivity index (χ0v) is 28.9. The largest absolute Gasteiger partial charge is 0.394 e. The minimum Gasteiger partial charge on any atom is -0.394 e. The monoisotopic (exact) mass is 725 g/mol. The van der Waals surface area contributed by atoms with Gasteiger partial charge in [-0.3, -0.25) is 14.2 Å². The second kappa shape index (κ2) is 19.1. The molecule has 2 fully saturated rings. The number of hydrogen-bond donors (Lipinski definition) is 7. The summed E-state index contributed by atoms with van der Waals surface area (Å²) in [5, 5.41) is 35.9. The highest BCUT2D eigenvalue weighted by Crippen LogP contribution is 2.45. The van der Waals surface area contributed by atoms with Crippen LogP contribution < -0.4 is 16.4 Å². The van der Waals surface area contributed by atoms with Gasteiger partial charge in [0, 0.05) is 20.4 Å². The molecule has 2 amide bonds. The van der Waals surface area contributed by atoms with Gasteiger partial charge in [-0.05, 0) is 11.1 Å². The van der Waals surface area contributed by atoms with Gasteiger partial charge >= 0.3 is 7.60 Å². The van der Waals surface area contributed by atoms with Crippen molar-refractivity contribution < 1.29 is 62.6 Å². The van der Waals surface area contributed by atoms with Crippen LogP contribution in [-0.4, -0.2) is 126 Å². The molecule has 0 aliphatic carbocycles. The van der Waals surface area contributed by atoms with Crippen LogP contribution in [0.5, 0.6) is 0 Å². The number of carbonyl (C=O) groups is 2. The lowest BCUT2D eigenvalue weighted by Gasteiger charge is -2.46. The van der Waals surface area contributed by atoms with Gasteiger partial charge in [-0.1, -0.05) is 60.7 Å². The van der Waals surface area contributed by atoms with E-state index < -0.39 is 94.0 Å². The maximum absolute atomic E-state index is 13.6. The lowest BCUT2D eigenvalue weighted by Crippen LogP contribution is -2.66. The Morgan fingerprint density at radius 1 is 0.800 bits per heavy atom. The first kappa shape index (κ1) is 39.9. The van der Waals surface area contributed by atoms with Gasteiger partial charge in [0.05, 0.1) is 51.3 Å². The zero-order valence-electron chi connectivity index (χ0n) is 28.0. The van der Waals surface area contributed by atoms with Crippen molar-refractivity contribution in [2.75, 3.05) is 32.5 Å². The smallest absolute Gasteiger partial charge is 0.330 e. The Kier molecular flexibility index (Phi) is 15.3. The highest BCUT2D eigenvalue weighted by molar-refractivity contribution is 7.52. The fourth-order valence-electron chi connectivity index (χ4n) is 5.92. The van der Waals surface area contributed by atoms with Crippen molar-refractivity contribution in [3.8, 4) is 0 Å². The molecule has 16 nitrogen and oxygen atoms in total. The van der Waals surface area contributed by atoms with Crippen molar-refractivity contribution in [2.45, 2.75) is 88.2 Å².